The van der Waals surface area contributed by atoms with Crippen molar-refractivity contribution in [2.24, 2.45) is 11.3 Å². The Morgan fingerprint density at radius 1 is 1.08 bits per heavy atom. The van der Waals surface area contributed by atoms with Crippen LogP contribution >= 0.6 is 11.3 Å². The van der Waals surface area contributed by atoms with Crippen molar-refractivity contribution in [1.29, 1.82) is 0 Å². The molecule has 0 spiro atoms. The second-order valence-corrected chi connectivity index (χ2v) is 14.0. The number of esters is 1. The molecule has 0 radical (unpaired) electrons. The highest BCUT2D eigenvalue weighted by molar-refractivity contribution is 7.19. The molecule has 1 saturated carbocycles. The molecular formula is C31H29F6N5O5S. The van der Waals surface area contributed by atoms with Crippen molar-refractivity contribution < 1.29 is 50.3 Å². The molecule has 6 rings (SSSR count). The number of amides is 3. The van der Waals surface area contributed by atoms with Crippen LogP contribution < -0.4 is 5.32 Å². The predicted molar refractivity (Wildman–Crippen MR) is 158 cm³/mol. The van der Waals surface area contributed by atoms with E-state index in [9.17, 15) is 45.5 Å². The highest BCUT2D eigenvalue weighted by Gasteiger charge is 2.88. The van der Waals surface area contributed by atoms with Crippen molar-refractivity contribution in [2.75, 3.05) is 13.1 Å². The van der Waals surface area contributed by atoms with Crippen LogP contribution in [0.1, 0.15) is 54.2 Å². The number of aromatic nitrogens is 2. The number of pyridine rings is 2. The van der Waals surface area contributed by atoms with Gasteiger partial charge in [-0.15, -0.1) is 11.3 Å². The number of piperazine rings is 1. The first-order valence-corrected chi connectivity index (χ1v) is 15.7. The third kappa shape index (κ3) is 5.04. The van der Waals surface area contributed by atoms with E-state index in [0.717, 1.165) is 17.4 Å². The monoisotopic (exact) mass is 697 g/mol. The van der Waals surface area contributed by atoms with E-state index in [2.05, 4.69) is 20.0 Å². The largest absolute Gasteiger partial charge is 0.490 e. The van der Waals surface area contributed by atoms with Crippen molar-refractivity contribution >= 4 is 45.2 Å². The summed E-state index contributed by atoms with van der Waals surface area (Å²) in [6.07, 6.45) is -8.90. The number of carbonyl (C=O) groups excluding carboxylic acids is 4. The summed E-state index contributed by atoms with van der Waals surface area (Å²) in [5.74, 6) is -6.34. The van der Waals surface area contributed by atoms with Gasteiger partial charge in [-0.25, -0.2) is 9.78 Å². The molecule has 10 nitrogen and oxygen atoms in total. The van der Waals surface area contributed by atoms with E-state index >= 15 is 0 Å². The lowest BCUT2D eigenvalue weighted by Crippen LogP contribution is -2.57. The summed E-state index contributed by atoms with van der Waals surface area (Å²) in [6, 6.07) is 3.18. The molecule has 17 heteroatoms. The third-order valence-electron chi connectivity index (χ3n) is 9.38. The predicted octanol–water partition coefficient (Wildman–Crippen LogP) is 4.88. The number of carbonyl (C=O) groups is 4. The SMILES string of the molecule is Cc1cc(C(F)(F)F)nc(-c2ccnc3cc(CN4C(=O)C5C(C)(C)C5(OC(=O)C(F)(F)F)C4=O)sc23)c1C(=O)N1[C@H](C)CNC[C@H]1C. The van der Waals surface area contributed by atoms with Gasteiger partial charge in [0.05, 0.1) is 33.9 Å². The van der Waals surface area contributed by atoms with E-state index in [1.165, 1.54) is 39.1 Å². The summed E-state index contributed by atoms with van der Waals surface area (Å²) in [7, 11) is 0. The van der Waals surface area contributed by atoms with Gasteiger partial charge in [0.25, 0.3) is 11.8 Å². The minimum absolute atomic E-state index is 0.0216. The smallest absolute Gasteiger partial charge is 0.441 e. The molecular weight excluding hydrogens is 668 g/mol. The second kappa shape index (κ2) is 10.9. The van der Waals surface area contributed by atoms with E-state index < -0.39 is 65.2 Å². The number of piperidine rings is 1. The van der Waals surface area contributed by atoms with Crippen LogP contribution in [0.4, 0.5) is 26.3 Å². The van der Waals surface area contributed by atoms with Crippen molar-refractivity contribution in [1.82, 2.24) is 25.1 Å². The summed E-state index contributed by atoms with van der Waals surface area (Å²) in [5.41, 5.74) is -4.66. The molecule has 3 fully saturated rings. The van der Waals surface area contributed by atoms with Crippen molar-refractivity contribution in [3.63, 3.8) is 0 Å². The van der Waals surface area contributed by atoms with E-state index in [0.29, 0.717) is 27.6 Å². The summed E-state index contributed by atoms with van der Waals surface area (Å²) < 4.78 is 86.2. The van der Waals surface area contributed by atoms with Gasteiger partial charge in [0, 0.05) is 47.2 Å². The van der Waals surface area contributed by atoms with Gasteiger partial charge in [-0.3, -0.25) is 24.3 Å². The number of nitrogens with zero attached hydrogens (tertiary/aromatic N) is 4. The molecule has 1 aliphatic carbocycles. The number of hydrogen-bond acceptors (Lipinski definition) is 9. The number of ether oxygens (including phenoxy) is 1. The normalized spacial score (nSPS) is 25.4. The standard InChI is InChI=1S/C31H29F6N5O5S/c1-13-8-19(30(32,33)34)40-21(20(13)24(43)42-14(2)10-38-11-15(42)3)17-6-7-39-18-9-16(48-22(17)18)12-41-25(44)23-28(4,5)29(23,26(41)45)47-27(46)31(35,36)37/h6-9,14-15,23,38H,10-12H2,1-5H3/t14-,15-,23?,29?/m1/s1. The van der Waals surface area contributed by atoms with Gasteiger partial charge in [0.15, 0.2) is 0 Å². The lowest BCUT2D eigenvalue weighted by atomic mass is 9.97. The van der Waals surface area contributed by atoms with Crippen molar-refractivity contribution in [2.45, 2.75) is 71.2 Å². The summed E-state index contributed by atoms with van der Waals surface area (Å²) in [4.78, 5) is 63.4. The van der Waals surface area contributed by atoms with Crippen LogP contribution in [0.2, 0.25) is 0 Å². The van der Waals surface area contributed by atoms with E-state index in [1.54, 1.807) is 4.90 Å². The van der Waals surface area contributed by atoms with Crippen molar-refractivity contribution in [3.8, 4) is 11.3 Å². The number of likely N-dealkylation sites (tertiary alicyclic amines) is 1. The number of aryl methyl sites for hydroxylation is 1. The average Bonchev–Trinajstić information content (AvgIpc) is 3.19. The van der Waals surface area contributed by atoms with Gasteiger partial charge in [0.1, 0.15) is 5.69 Å². The zero-order chi connectivity index (χ0) is 35.3. The van der Waals surface area contributed by atoms with Gasteiger partial charge < -0.3 is 15.0 Å². The van der Waals surface area contributed by atoms with Crippen LogP contribution in [0, 0.1) is 18.3 Å². The molecule has 2 saturated heterocycles. The van der Waals surface area contributed by atoms with Gasteiger partial charge in [0.2, 0.25) is 11.5 Å². The molecule has 0 aromatic carbocycles. The van der Waals surface area contributed by atoms with E-state index in [1.807, 2.05) is 13.8 Å². The molecule has 256 valence electrons. The summed E-state index contributed by atoms with van der Waals surface area (Å²) in [5, 5.41) is 3.21. The molecule has 2 aliphatic heterocycles. The Bertz CT molecular complexity index is 1880. The lowest BCUT2D eigenvalue weighted by molar-refractivity contribution is -0.209. The molecule has 1 N–H and O–H groups in total. The Morgan fingerprint density at radius 3 is 2.33 bits per heavy atom. The maximum absolute atomic E-state index is 14.1. The molecule has 0 bridgehead atoms. The number of hydrogen-bond donors (Lipinski definition) is 1. The number of nitrogens with one attached hydrogen (secondary N) is 1. The van der Waals surface area contributed by atoms with Gasteiger partial charge in [-0.2, -0.15) is 26.3 Å². The van der Waals surface area contributed by atoms with E-state index in [4.69, 9.17) is 0 Å². The number of alkyl halides is 6. The number of imide groups is 1. The highest BCUT2D eigenvalue weighted by Crippen LogP contribution is 2.69. The van der Waals surface area contributed by atoms with Crippen LogP contribution in [-0.2, 0) is 31.8 Å². The molecule has 3 aromatic heterocycles. The molecule has 2 unspecified atom stereocenters. The molecule has 3 aromatic rings. The second-order valence-electron chi connectivity index (χ2n) is 12.9. The Balaban J connectivity index is 1.40. The minimum Gasteiger partial charge on any atom is -0.441 e. The van der Waals surface area contributed by atoms with Crippen molar-refractivity contribution in [3.05, 3.63) is 46.1 Å². The number of thiophene rings is 1. The molecule has 4 atom stereocenters. The van der Waals surface area contributed by atoms with Gasteiger partial charge in [-0.1, -0.05) is 13.8 Å². The maximum Gasteiger partial charge on any atom is 0.490 e. The fourth-order valence-corrected chi connectivity index (χ4v) is 8.12. The lowest BCUT2D eigenvalue weighted by Gasteiger charge is -2.40. The Morgan fingerprint density at radius 2 is 1.73 bits per heavy atom. The Kier molecular flexibility index (Phi) is 7.70. The first kappa shape index (κ1) is 33.8. The Labute approximate surface area is 273 Å². The first-order chi connectivity index (χ1) is 22.2. The first-order valence-electron chi connectivity index (χ1n) is 14.9. The average molecular weight is 698 g/mol. The zero-order valence-electron chi connectivity index (χ0n) is 26.2. The van der Waals surface area contributed by atoms with Crippen LogP contribution in [0.5, 0.6) is 0 Å². The topological polar surface area (TPSA) is 122 Å². The minimum atomic E-state index is -5.39. The number of rotatable bonds is 5. The summed E-state index contributed by atoms with van der Waals surface area (Å²) in [6.45, 7) is 8.30. The van der Waals surface area contributed by atoms with Crippen LogP contribution in [0.25, 0.3) is 21.5 Å². The fourth-order valence-electron chi connectivity index (χ4n) is 7.00. The zero-order valence-corrected chi connectivity index (χ0v) is 27.0. The quantitative estimate of drug-likeness (QED) is 0.228. The Hall–Kier alpha value is -4.12. The maximum atomic E-state index is 14.1. The number of fused-ring (bicyclic) bond motifs is 2. The summed E-state index contributed by atoms with van der Waals surface area (Å²) >= 11 is 0.966. The van der Waals surface area contributed by atoms with E-state index in [-0.39, 0.29) is 40.0 Å². The molecule has 3 aliphatic rings. The van der Waals surface area contributed by atoms with Gasteiger partial charge >= 0.3 is 18.3 Å². The highest BCUT2D eigenvalue weighted by atomic mass is 32.1. The molecule has 5 heterocycles. The van der Waals surface area contributed by atoms with Gasteiger partial charge in [-0.05, 0) is 44.5 Å². The van der Waals surface area contributed by atoms with Crippen LogP contribution in [0.3, 0.4) is 0 Å². The fraction of sp³-hybridized carbons (Fsp3) is 0.484. The molecule has 48 heavy (non-hydrogen) atoms. The third-order valence-corrected chi connectivity index (χ3v) is 10.5. The molecule has 3 amide bonds. The van der Waals surface area contributed by atoms with Crippen LogP contribution in [0.15, 0.2) is 24.4 Å². The van der Waals surface area contributed by atoms with Crippen LogP contribution in [-0.4, -0.2) is 80.4 Å². The number of halogens is 6.